The van der Waals surface area contributed by atoms with Gasteiger partial charge in [0.15, 0.2) is 0 Å². The Hall–Kier alpha value is -0.631. The van der Waals surface area contributed by atoms with Gasteiger partial charge in [0.1, 0.15) is 0 Å². The van der Waals surface area contributed by atoms with Gasteiger partial charge in [-0.25, -0.2) is 0 Å². The van der Waals surface area contributed by atoms with E-state index in [1.807, 2.05) is 29.5 Å². The summed E-state index contributed by atoms with van der Waals surface area (Å²) in [4.78, 5) is 8.47. The molecule has 0 fully saturated rings. The van der Waals surface area contributed by atoms with Gasteiger partial charge in [0.05, 0.1) is 0 Å². The fourth-order valence-corrected chi connectivity index (χ4v) is 4.92. The van der Waals surface area contributed by atoms with Crippen LogP contribution in [0.3, 0.4) is 0 Å². The molecule has 0 saturated heterocycles. The number of hydrogen-bond donors (Lipinski definition) is 0. The third kappa shape index (κ3) is 2.91. The Bertz CT molecular complexity index is 482. The molecule has 1 heterocycles. The zero-order valence-corrected chi connectivity index (χ0v) is 11.3. The number of rotatable bonds is 2. The van der Waals surface area contributed by atoms with Crippen LogP contribution in [0.4, 0.5) is 5.69 Å². The van der Waals surface area contributed by atoms with Gasteiger partial charge in [-0.1, -0.05) is 0 Å². The molecule has 78 valence electrons. The molecule has 1 aromatic heterocycles. The SMILES string of the molecule is CC(C)c1c[se]c(=Nc2ccccc2)s1. The first kappa shape index (κ1) is 10.9. The maximum absolute atomic E-state index is 4.65. The Morgan fingerprint density at radius 2 is 1.93 bits per heavy atom. The van der Waals surface area contributed by atoms with Crippen LogP contribution in [0, 0.1) is 0 Å². The third-order valence-electron chi connectivity index (χ3n) is 2.03. The Kier molecular flexibility index (Phi) is 3.57. The van der Waals surface area contributed by atoms with E-state index in [0.29, 0.717) is 20.4 Å². The van der Waals surface area contributed by atoms with Crippen molar-refractivity contribution in [2.45, 2.75) is 19.8 Å². The van der Waals surface area contributed by atoms with Crippen LogP contribution in [0.1, 0.15) is 24.6 Å². The fourth-order valence-electron chi connectivity index (χ4n) is 1.17. The molecule has 0 saturated carbocycles. The summed E-state index contributed by atoms with van der Waals surface area (Å²) in [5.41, 5.74) is 1.07. The van der Waals surface area contributed by atoms with Crippen LogP contribution < -0.4 is 3.54 Å². The molecule has 1 aromatic carbocycles. The van der Waals surface area contributed by atoms with E-state index in [1.165, 1.54) is 8.42 Å². The maximum atomic E-state index is 4.65. The van der Waals surface area contributed by atoms with Gasteiger partial charge in [-0.15, -0.1) is 0 Å². The fraction of sp³-hybridized carbons (Fsp3) is 0.250. The van der Waals surface area contributed by atoms with E-state index in [2.05, 4.69) is 35.9 Å². The number of para-hydroxylation sites is 1. The van der Waals surface area contributed by atoms with Crippen molar-refractivity contribution < 1.29 is 0 Å². The standard InChI is InChI=1S/C12H13NSSe/c1-9(2)11-8-15-12(14-11)13-10-6-4-3-5-7-10/h3-9H,1-2H3. The predicted molar refractivity (Wildman–Crippen MR) is 67.0 cm³/mol. The Balaban J connectivity index is 2.34. The normalized spacial score (nSPS) is 12.3. The second kappa shape index (κ2) is 4.93. The molecule has 0 aliphatic heterocycles. The average Bonchev–Trinajstić information content (AvgIpc) is 2.68. The number of nitrogens with zero attached hydrogens (tertiary/aromatic N) is 1. The molecule has 0 N–H and O–H groups in total. The molecular formula is C12H13NSSe. The molecule has 0 atom stereocenters. The molecule has 0 bridgehead atoms. The molecule has 2 rings (SSSR count). The van der Waals surface area contributed by atoms with Gasteiger partial charge in [0.2, 0.25) is 0 Å². The Morgan fingerprint density at radius 3 is 2.53 bits per heavy atom. The minimum atomic E-state index is 0.445. The van der Waals surface area contributed by atoms with Crippen molar-refractivity contribution in [2.24, 2.45) is 4.99 Å². The first-order valence-corrected chi connectivity index (χ1v) is 7.60. The summed E-state index contributed by atoms with van der Waals surface area (Å²) in [6.45, 7) is 4.47. The van der Waals surface area contributed by atoms with Crippen molar-refractivity contribution in [3.05, 3.63) is 43.7 Å². The molecular weight excluding hydrogens is 269 g/mol. The summed E-state index contributed by atoms with van der Waals surface area (Å²) < 4.78 is 1.28. The molecule has 15 heavy (non-hydrogen) atoms. The van der Waals surface area contributed by atoms with Crippen molar-refractivity contribution in [2.75, 3.05) is 0 Å². The van der Waals surface area contributed by atoms with Crippen LogP contribution in [0.5, 0.6) is 0 Å². The van der Waals surface area contributed by atoms with Gasteiger partial charge in [0.25, 0.3) is 0 Å². The third-order valence-corrected chi connectivity index (χ3v) is 5.87. The van der Waals surface area contributed by atoms with Crippen molar-refractivity contribution in [1.82, 2.24) is 0 Å². The van der Waals surface area contributed by atoms with Crippen LogP contribution in [0.15, 0.2) is 40.3 Å². The summed E-state index contributed by atoms with van der Waals surface area (Å²) >= 11 is 2.30. The monoisotopic (exact) mass is 283 g/mol. The van der Waals surface area contributed by atoms with E-state index in [4.69, 9.17) is 0 Å². The van der Waals surface area contributed by atoms with Gasteiger partial charge in [0, 0.05) is 0 Å². The first-order valence-electron chi connectivity index (χ1n) is 4.94. The number of benzene rings is 1. The summed E-state index contributed by atoms with van der Waals surface area (Å²) in [6, 6.07) is 10.2. The van der Waals surface area contributed by atoms with Gasteiger partial charge < -0.3 is 0 Å². The minimum absolute atomic E-state index is 0.445. The zero-order chi connectivity index (χ0) is 10.7. The molecule has 1 nitrogen and oxygen atoms in total. The van der Waals surface area contributed by atoms with E-state index in [0.717, 1.165) is 5.69 Å². The van der Waals surface area contributed by atoms with Crippen molar-refractivity contribution >= 4 is 31.5 Å². The van der Waals surface area contributed by atoms with Crippen molar-refractivity contribution in [1.29, 1.82) is 0 Å². The van der Waals surface area contributed by atoms with Crippen LogP contribution >= 0.6 is 11.3 Å². The summed E-state index contributed by atoms with van der Waals surface area (Å²) in [5.74, 6) is 0.639. The second-order valence-corrected chi connectivity index (χ2v) is 7.05. The summed E-state index contributed by atoms with van der Waals surface area (Å²) in [6.07, 6.45) is 0. The quantitative estimate of drug-likeness (QED) is 0.750. The van der Waals surface area contributed by atoms with Crippen molar-refractivity contribution in [3.63, 3.8) is 0 Å². The van der Waals surface area contributed by atoms with Gasteiger partial charge >= 0.3 is 100.0 Å². The Morgan fingerprint density at radius 1 is 1.20 bits per heavy atom. The van der Waals surface area contributed by atoms with E-state index in [9.17, 15) is 0 Å². The summed E-state index contributed by atoms with van der Waals surface area (Å²) in [5, 5.41) is 0. The van der Waals surface area contributed by atoms with Gasteiger partial charge in [-0.3, -0.25) is 0 Å². The molecule has 0 unspecified atom stereocenters. The van der Waals surface area contributed by atoms with Crippen LogP contribution in [-0.2, 0) is 0 Å². The first-order chi connectivity index (χ1) is 7.25. The van der Waals surface area contributed by atoms with E-state index < -0.39 is 0 Å². The summed E-state index contributed by atoms with van der Waals surface area (Å²) in [7, 11) is 0. The second-order valence-electron chi connectivity index (χ2n) is 3.61. The number of hydrogen-bond acceptors (Lipinski definition) is 2. The molecule has 0 amide bonds. The van der Waals surface area contributed by atoms with Crippen LogP contribution in [-0.4, -0.2) is 14.5 Å². The van der Waals surface area contributed by atoms with Crippen LogP contribution in [0.25, 0.3) is 0 Å². The van der Waals surface area contributed by atoms with E-state index in [-0.39, 0.29) is 0 Å². The van der Waals surface area contributed by atoms with E-state index in [1.54, 1.807) is 0 Å². The Labute approximate surface area is 99.9 Å². The van der Waals surface area contributed by atoms with Crippen LogP contribution in [0.2, 0.25) is 0 Å². The van der Waals surface area contributed by atoms with Gasteiger partial charge in [-0.2, -0.15) is 0 Å². The van der Waals surface area contributed by atoms with Gasteiger partial charge in [-0.05, 0) is 0 Å². The molecule has 0 spiro atoms. The molecule has 0 aliphatic rings. The molecule has 0 radical (unpaired) electrons. The van der Waals surface area contributed by atoms with E-state index >= 15 is 0 Å². The predicted octanol–water partition coefficient (Wildman–Crippen LogP) is 3.16. The zero-order valence-electron chi connectivity index (χ0n) is 8.81. The molecule has 2 aromatic rings. The molecule has 0 aliphatic carbocycles. The topological polar surface area (TPSA) is 12.4 Å². The van der Waals surface area contributed by atoms with Crippen molar-refractivity contribution in [3.8, 4) is 0 Å². The average molecular weight is 282 g/mol. The molecule has 3 heteroatoms.